The van der Waals surface area contributed by atoms with Crippen LogP contribution in [-0.2, 0) is 11.2 Å². The molecular weight excluding hydrogens is 384 g/mol. The summed E-state index contributed by atoms with van der Waals surface area (Å²) in [6.45, 7) is 4.82. The number of thiazole rings is 1. The first-order valence-corrected chi connectivity index (χ1v) is 9.56. The van der Waals surface area contributed by atoms with E-state index in [1.54, 1.807) is 20.2 Å². The van der Waals surface area contributed by atoms with Gasteiger partial charge >= 0.3 is 0 Å². The van der Waals surface area contributed by atoms with E-state index < -0.39 is 11.2 Å². The van der Waals surface area contributed by atoms with Gasteiger partial charge in [0, 0.05) is 13.1 Å². The second kappa shape index (κ2) is 7.31. The summed E-state index contributed by atoms with van der Waals surface area (Å²) in [7, 11) is 0. The van der Waals surface area contributed by atoms with Gasteiger partial charge in [-0.15, -0.1) is 12.4 Å². The normalized spacial score (nSPS) is 17.0. The maximum atomic E-state index is 11.0. The number of fused-ring (bicyclic) bond motifs is 1. The molecule has 0 spiro atoms. The van der Waals surface area contributed by atoms with E-state index in [-0.39, 0.29) is 12.4 Å². The number of hydrogen-bond acceptors (Lipinski definition) is 7. The van der Waals surface area contributed by atoms with Crippen LogP contribution >= 0.6 is 23.7 Å². The van der Waals surface area contributed by atoms with Gasteiger partial charge in [0.05, 0.1) is 5.60 Å². The predicted octanol–water partition coefficient (Wildman–Crippen LogP) is 3.22. The topological polar surface area (TPSA) is 82.4 Å². The Kier molecular flexibility index (Phi) is 5.40. The Morgan fingerprint density at radius 1 is 1.11 bits per heavy atom. The van der Waals surface area contributed by atoms with Crippen molar-refractivity contribution in [1.29, 1.82) is 0 Å². The second-order valence-corrected chi connectivity index (χ2v) is 8.29. The molecule has 1 aromatic carbocycles. The Bertz CT molecular complexity index is 918. The SMILES string of the molecule is CC(C)(O)c1nc2c(N3CCC(O)(c4ccccc4)CC3)ncnc2s1.Cl. The van der Waals surface area contributed by atoms with Crippen molar-refractivity contribution in [3.63, 3.8) is 0 Å². The number of rotatable bonds is 3. The molecule has 0 radical (unpaired) electrons. The van der Waals surface area contributed by atoms with Crippen molar-refractivity contribution in [2.75, 3.05) is 18.0 Å². The molecule has 2 N–H and O–H groups in total. The van der Waals surface area contributed by atoms with Crippen molar-refractivity contribution in [3.8, 4) is 0 Å². The van der Waals surface area contributed by atoms with Gasteiger partial charge in [0.15, 0.2) is 5.82 Å². The van der Waals surface area contributed by atoms with Crippen molar-refractivity contribution >= 4 is 39.9 Å². The Labute approximate surface area is 168 Å². The highest BCUT2D eigenvalue weighted by atomic mass is 35.5. The number of nitrogens with zero attached hydrogens (tertiary/aromatic N) is 4. The molecule has 1 aliphatic heterocycles. The molecule has 1 saturated heterocycles. The zero-order valence-corrected chi connectivity index (χ0v) is 16.9. The highest BCUT2D eigenvalue weighted by Gasteiger charge is 2.35. The van der Waals surface area contributed by atoms with Crippen molar-refractivity contribution < 1.29 is 10.2 Å². The average Bonchev–Trinajstić information content (AvgIpc) is 3.08. The van der Waals surface area contributed by atoms with Gasteiger partial charge in [-0.1, -0.05) is 41.7 Å². The van der Waals surface area contributed by atoms with Gasteiger partial charge in [0.2, 0.25) is 0 Å². The number of anilines is 1. The largest absolute Gasteiger partial charge is 0.385 e. The summed E-state index contributed by atoms with van der Waals surface area (Å²) in [4.78, 5) is 16.3. The Hall–Kier alpha value is -1.80. The lowest BCUT2D eigenvalue weighted by molar-refractivity contribution is 0.0117. The van der Waals surface area contributed by atoms with E-state index in [0.717, 1.165) is 21.7 Å². The zero-order chi connectivity index (χ0) is 18.4. The fourth-order valence-corrected chi connectivity index (χ4v) is 4.26. The molecule has 0 saturated carbocycles. The molecule has 6 nitrogen and oxygen atoms in total. The van der Waals surface area contributed by atoms with Crippen molar-refractivity contribution in [2.45, 2.75) is 37.9 Å². The number of aliphatic hydroxyl groups is 2. The maximum absolute atomic E-state index is 11.0. The van der Waals surface area contributed by atoms with Gasteiger partial charge in [-0.05, 0) is 32.3 Å². The highest BCUT2D eigenvalue weighted by molar-refractivity contribution is 7.18. The summed E-state index contributed by atoms with van der Waals surface area (Å²) >= 11 is 1.39. The molecule has 8 heteroatoms. The van der Waals surface area contributed by atoms with Crippen LogP contribution in [0.15, 0.2) is 36.7 Å². The van der Waals surface area contributed by atoms with Crippen LogP contribution < -0.4 is 4.90 Å². The fraction of sp³-hybridized carbons (Fsp3) is 0.421. The highest BCUT2D eigenvalue weighted by Crippen LogP contribution is 2.37. The van der Waals surface area contributed by atoms with Crippen LogP contribution in [0.4, 0.5) is 5.82 Å². The summed E-state index contributed by atoms with van der Waals surface area (Å²) in [6, 6.07) is 9.84. The van der Waals surface area contributed by atoms with Gasteiger partial charge in [-0.2, -0.15) is 0 Å². The van der Waals surface area contributed by atoms with Crippen LogP contribution in [0.3, 0.4) is 0 Å². The van der Waals surface area contributed by atoms with E-state index in [1.807, 2.05) is 30.3 Å². The van der Waals surface area contributed by atoms with E-state index in [9.17, 15) is 10.2 Å². The quantitative estimate of drug-likeness (QED) is 0.694. The number of hydrogen-bond donors (Lipinski definition) is 2. The van der Waals surface area contributed by atoms with Crippen LogP contribution in [0, 0.1) is 0 Å². The Morgan fingerprint density at radius 3 is 2.41 bits per heavy atom. The third-order valence-electron chi connectivity index (χ3n) is 4.90. The van der Waals surface area contributed by atoms with Crippen LogP contribution in [-0.4, -0.2) is 38.3 Å². The van der Waals surface area contributed by atoms with Gasteiger partial charge in [-0.25, -0.2) is 15.0 Å². The number of aromatic nitrogens is 3. The number of benzene rings is 1. The van der Waals surface area contributed by atoms with Crippen molar-refractivity contribution in [2.24, 2.45) is 0 Å². The molecule has 0 atom stereocenters. The lowest BCUT2D eigenvalue weighted by Gasteiger charge is -2.39. The molecule has 3 aromatic rings. The maximum Gasteiger partial charge on any atom is 0.159 e. The Balaban J connectivity index is 0.00000210. The molecule has 1 fully saturated rings. The van der Waals surface area contributed by atoms with E-state index in [2.05, 4.69) is 19.9 Å². The van der Waals surface area contributed by atoms with Gasteiger partial charge in [-0.3, -0.25) is 0 Å². The Morgan fingerprint density at radius 2 is 1.78 bits per heavy atom. The first kappa shape index (κ1) is 19.9. The summed E-state index contributed by atoms with van der Waals surface area (Å²) < 4.78 is 0. The third kappa shape index (κ3) is 3.78. The first-order chi connectivity index (χ1) is 12.4. The second-order valence-electron chi connectivity index (χ2n) is 7.31. The predicted molar refractivity (Wildman–Crippen MR) is 109 cm³/mol. The van der Waals surface area contributed by atoms with E-state index in [1.165, 1.54) is 11.3 Å². The van der Waals surface area contributed by atoms with E-state index >= 15 is 0 Å². The summed E-state index contributed by atoms with van der Waals surface area (Å²) in [6.07, 6.45) is 2.80. The molecule has 4 rings (SSSR count). The van der Waals surface area contributed by atoms with Crippen molar-refractivity contribution in [3.05, 3.63) is 47.2 Å². The number of piperidine rings is 1. The standard InChI is InChI=1S/C19H22N4O2S.ClH/c1-18(2,24)17-22-14-15(20-12-21-16(14)26-17)23-10-8-19(25,9-11-23)13-6-4-3-5-7-13;/h3-7,12,24-25H,8-11H2,1-2H3;1H. The van der Waals surface area contributed by atoms with E-state index in [0.29, 0.717) is 30.9 Å². The summed E-state index contributed by atoms with van der Waals surface area (Å²) in [5.74, 6) is 0.775. The molecule has 2 aromatic heterocycles. The monoisotopic (exact) mass is 406 g/mol. The first-order valence-electron chi connectivity index (χ1n) is 8.74. The minimum atomic E-state index is -1.00. The molecule has 144 valence electrons. The molecule has 0 aliphatic carbocycles. The smallest absolute Gasteiger partial charge is 0.159 e. The summed E-state index contributed by atoms with van der Waals surface area (Å²) in [5.41, 5.74) is -0.118. The zero-order valence-electron chi connectivity index (χ0n) is 15.3. The fourth-order valence-electron chi connectivity index (χ4n) is 3.36. The van der Waals surface area contributed by atoms with Crippen LogP contribution in [0.25, 0.3) is 10.3 Å². The lowest BCUT2D eigenvalue weighted by atomic mass is 9.84. The molecule has 0 unspecified atom stereocenters. The van der Waals surface area contributed by atoms with Crippen LogP contribution in [0.2, 0.25) is 0 Å². The molecule has 27 heavy (non-hydrogen) atoms. The van der Waals surface area contributed by atoms with Crippen molar-refractivity contribution in [1.82, 2.24) is 15.0 Å². The van der Waals surface area contributed by atoms with Gasteiger partial charge in [0.1, 0.15) is 27.3 Å². The minimum Gasteiger partial charge on any atom is -0.385 e. The van der Waals surface area contributed by atoms with E-state index in [4.69, 9.17) is 0 Å². The third-order valence-corrected chi connectivity index (χ3v) is 6.18. The van der Waals surface area contributed by atoms with Gasteiger partial charge in [0.25, 0.3) is 0 Å². The lowest BCUT2D eigenvalue weighted by Crippen LogP contribution is -2.43. The van der Waals surface area contributed by atoms with Crippen LogP contribution in [0.5, 0.6) is 0 Å². The molecule has 3 heterocycles. The molecular formula is C19H23ClN4O2S. The molecule has 0 bridgehead atoms. The molecule has 1 aliphatic rings. The van der Waals surface area contributed by atoms with Gasteiger partial charge < -0.3 is 15.1 Å². The summed E-state index contributed by atoms with van der Waals surface area (Å²) in [5, 5.41) is 21.9. The molecule has 0 amide bonds. The van der Waals surface area contributed by atoms with Crippen LogP contribution in [0.1, 0.15) is 37.3 Å². The average molecular weight is 407 g/mol. The minimum absolute atomic E-state index is 0. The number of halogens is 1.